The van der Waals surface area contributed by atoms with E-state index in [1.165, 1.54) is 0 Å². The fraction of sp³-hybridized carbons (Fsp3) is 0.333. The van der Waals surface area contributed by atoms with E-state index < -0.39 is 0 Å². The first-order chi connectivity index (χ1) is 9.75. The molecule has 20 heavy (non-hydrogen) atoms. The van der Waals surface area contributed by atoms with Gasteiger partial charge >= 0.3 is 6.03 Å². The van der Waals surface area contributed by atoms with Crippen LogP contribution < -0.4 is 10.5 Å². The van der Waals surface area contributed by atoms with Crippen LogP contribution in [0.2, 0.25) is 0 Å². The summed E-state index contributed by atoms with van der Waals surface area (Å²) in [6, 6.07) is 9.58. The van der Waals surface area contributed by atoms with Gasteiger partial charge in [-0.15, -0.1) is 0 Å². The first-order valence-corrected chi connectivity index (χ1v) is 6.78. The highest BCUT2D eigenvalue weighted by molar-refractivity contribution is 5.86. The van der Waals surface area contributed by atoms with Crippen LogP contribution in [0.3, 0.4) is 0 Å². The molecule has 3 rings (SSSR count). The molecule has 1 aromatic carbocycles. The lowest BCUT2D eigenvalue weighted by molar-refractivity contribution is 0.171. The monoisotopic (exact) mass is 271 g/mol. The van der Waals surface area contributed by atoms with Gasteiger partial charge < -0.3 is 15.4 Å². The number of rotatable bonds is 3. The van der Waals surface area contributed by atoms with Gasteiger partial charge in [0.05, 0.1) is 6.04 Å². The summed E-state index contributed by atoms with van der Waals surface area (Å²) in [7, 11) is 0. The quantitative estimate of drug-likeness (QED) is 0.930. The molecule has 0 bridgehead atoms. The molecule has 2 N–H and O–H groups in total. The van der Waals surface area contributed by atoms with Gasteiger partial charge in [0.15, 0.2) is 0 Å². The molecule has 0 saturated carbocycles. The average molecular weight is 271 g/mol. The van der Waals surface area contributed by atoms with Gasteiger partial charge in [0.1, 0.15) is 6.61 Å². The van der Waals surface area contributed by atoms with Crippen LogP contribution in [0.25, 0.3) is 10.8 Å². The number of fused-ring (bicyclic) bond motifs is 1. The molecular weight excluding hydrogens is 254 g/mol. The van der Waals surface area contributed by atoms with Crippen molar-refractivity contribution in [1.29, 1.82) is 0 Å². The van der Waals surface area contributed by atoms with Crippen molar-refractivity contribution in [2.45, 2.75) is 18.9 Å². The summed E-state index contributed by atoms with van der Waals surface area (Å²) in [4.78, 5) is 17.3. The number of ether oxygens (including phenoxy) is 1. The summed E-state index contributed by atoms with van der Waals surface area (Å²) in [6.45, 7) is 1.15. The Kier molecular flexibility index (Phi) is 3.41. The summed E-state index contributed by atoms with van der Waals surface area (Å²) < 4.78 is 5.82. The van der Waals surface area contributed by atoms with Crippen molar-refractivity contribution >= 4 is 16.8 Å². The molecule has 2 aromatic rings. The van der Waals surface area contributed by atoms with Crippen molar-refractivity contribution in [3.63, 3.8) is 0 Å². The Hall–Kier alpha value is -2.30. The normalized spacial score (nSPS) is 18.4. The zero-order valence-corrected chi connectivity index (χ0v) is 11.2. The molecule has 5 heteroatoms. The van der Waals surface area contributed by atoms with Crippen molar-refractivity contribution < 1.29 is 9.53 Å². The number of hydrogen-bond donors (Lipinski definition) is 1. The minimum absolute atomic E-state index is 0.0493. The number of benzene rings is 1. The minimum atomic E-state index is -0.373. The van der Waals surface area contributed by atoms with Crippen molar-refractivity contribution in [1.82, 2.24) is 9.88 Å². The fourth-order valence-corrected chi connectivity index (χ4v) is 2.68. The zero-order chi connectivity index (χ0) is 13.9. The standard InChI is InChI=1S/C15H17N3O2/c16-15(19)18-9-3-5-12(18)10-20-14-13-6-2-1-4-11(13)7-8-17-14/h1-2,4,6-8,12H,3,5,9-10H2,(H2,16,19)/t12-/m0/s1. The molecule has 0 unspecified atom stereocenters. The largest absolute Gasteiger partial charge is 0.475 e. The van der Waals surface area contributed by atoms with Crippen molar-refractivity contribution in [2.24, 2.45) is 5.73 Å². The third-order valence-electron chi connectivity index (χ3n) is 3.71. The molecule has 1 atom stereocenters. The number of carbonyl (C=O) groups excluding carboxylic acids is 1. The Morgan fingerprint density at radius 3 is 3.10 bits per heavy atom. The Labute approximate surface area is 117 Å². The van der Waals surface area contributed by atoms with Crippen molar-refractivity contribution in [3.05, 3.63) is 36.5 Å². The van der Waals surface area contributed by atoms with Gasteiger partial charge in [-0.2, -0.15) is 0 Å². The Bertz CT molecular complexity index is 624. The molecule has 2 heterocycles. The van der Waals surface area contributed by atoms with E-state index >= 15 is 0 Å². The van der Waals surface area contributed by atoms with Crippen LogP contribution in [0.4, 0.5) is 4.79 Å². The van der Waals surface area contributed by atoms with Gasteiger partial charge in [0.25, 0.3) is 0 Å². The lowest BCUT2D eigenvalue weighted by Gasteiger charge is -2.22. The smallest absolute Gasteiger partial charge is 0.315 e. The molecule has 5 nitrogen and oxygen atoms in total. The molecule has 1 aliphatic rings. The molecule has 1 saturated heterocycles. The van der Waals surface area contributed by atoms with E-state index in [1.807, 2.05) is 30.3 Å². The van der Waals surface area contributed by atoms with E-state index in [9.17, 15) is 4.79 Å². The highest BCUT2D eigenvalue weighted by atomic mass is 16.5. The second-order valence-corrected chi connectivity index (χ2v) is 4.98. The third kappa shape index (κ3) is 2.39. The number of primary amides is 1. The van der Waals surface area contributed by atoms with Crippen LogP contribution in [0.15, 0.2) is 36.5 Å². The van der Waals surface area contributed by atoms with Gasteiger partial charge in [-0.25, -0.2) is 9.78 Å². The number of likely N-dealkylation sites (tertiary alicyclic amines) is 1. The van der Waals surface area contributed by atoms with E-state index in [1.54, 1.807) is 11.1 Å². The highest BCUT2D eigenvalue weighted by Crippen LogP contribution is 2.24. The lowest BCUT2D eigenvalue weighted by atomic mass is 10.2. The van der Waals surface area contributed by atoms with E-state index in [0.29, 0.717) is 19.0 Å². The predicted molar refractivity (Wildman–Crippen MR) is 76.5 cm³/mol. The van der Waals surface area contributed by atoms with E-state index in [0.717, 1.165) is 23.6 Å². The van der Waals surface area contributed by atoms with Crippen LogP contribution in [-0.4, -0.2) is 35.1 Å². The minimum Gasteiger partial charge on any atom is -0.475 e. The van der Waals surface area contributed by atoms with Crippen LogP contribution in [0, 0.1) is 0 Å². The summed E-state index contributed by atoms with van der Waals surface area (Å²) in [5, 5.41) is 2.08. The SMILES string of the molecule is NC(=O)N1CCC[C@H]1COc1nccc2ccccc12. The Morgan fingerprint density at radius 2 is 2.25 bits per heavy atom. The highest BCUT2D eigenvalue weighted by Gasteiger charge is 2.27. The number of hydrogen-bond acceptors (Lipinski definition) is 3. The predicted octanol–water partition coefficient (Wildman–Crippen LogP) is 2.16. The summed E-state index contributed by atoms with van der Waals surface area (Å²) in [5.74, 6) is 0.611. The number of aromatic nitrogens is 1. The maximum Gasteiger partial charge on any atom is 0.315 e. The van der Waals surface area contributed by atoms with Gasteiger partial charge in [0, 0.05) is 18.1 Å². The topological polar surface area (TPSA) is 68.5 Å². The fourth-order valence-electron chi connectivity index (χ4n) is 2.68. The number of nitrogens with zero attached hydrogens (tertiary/aromatic N) is 2. The summed E-state index contributed by atoms with van der Waals surface area (Å²) in [6.07, 6.45) is 3.63. The van der Waals surface area contributed by atoms with E-state index in [4.69, 9.17) is 10.5 Å². The first kappa shape index (κ1) is 12.7. The Balaban J connectivity index is 1.76. The molecular formula is C15H17N3O2. The second kappa shape index (κ2) is 5.36. The molecule has 0 aliphatic carbocycles. The lowest BCUT2D eigenvalue weighted by Crippen LogP contribution is -2.42. The summed E-state index contributed by atoms with van der Waals surface area (Å²) >= 11 is 0. The third-order valence-corrected chi connectivity index (χ3v) is 3.71. The number of pyridine rings is 1. The maximum absolute atomic E-state index is 11.3. The van der Waals surface area contributed by atoms with E-state index in [-0.39, 0.29) is 12.1 Å². The average Bonchev–Trinajstić information content (AvgIpc) is 2.93. The van der Waals surface area contributed by atoms with Gasteiger partial charge in [-0.3, -0.25) is 0 Å². The van der Waals surface area contributed by atoms with Crippen LogP contribution >= 0.6 is 0 Å². The molecule has 1 fully saturated rings. The van der Waals surface area contributed by atoms with Crippen LogP contribution in [0.5, 0.6) is 5.88 Å². The second-order valence-electron chi connectivity index (χ2n) is 4.98. The number of amides is 2. The van der Waals surface area contributed by atoms with Gasteiger partial charge in [0.2, 0.25) is 5.88 Å². The van der Waals surface area contributed by atoms with E-state index in [2.05, 4.69) is 4.98 Å². The first-order valence-electron chi connectivity index (χ1n) is 6.78. The summed E-state index contributed by atoms with van der Waals surface area (Å²) in [5.41, 5.74) is 5.36. The number of carbonyl (C=O) groups is 1. The number of urea groups is 1. The molecule has 0 spiro atoms. The van der Waals surface area contributed by atoms with Gasteiger partial charge in [-0.05, 0) is 30.4 Å². The van der Waals surface area contributed by atoms with Crippen molar-refractivity contribution in [2.75, 3.05) is 13.2 Å². The Morgan fingerprint density at radius 1 is 1.40 bits per heavy atom. The van der Waals surface area contributed by atoms with Crippen LogP contribution in [0.1, 0.15) is 12.8 Å². The molecule has 1 aliphatic heterocycles. The molecule has 0 radical (unpaired) electrons. The van der Waals surface area contributed by atoms with Gasteiger partial charge in [-0.1, -0.05) is 18.2 Å². The zero-order valence-electron chi connectivity index (χ0n) is 11.2. The number of nitrogens with two attached hydrogens (primary N) is 1. The van der Waals surface area contributed by atoms with Crippen molar-refractivity contribution in [3.8, 4) is 5.88 Å². The van der Waals surface area contributed by atoms with Crippen LogP contribution in [-0.2, 0) is 0 Å². The molecule has 2 amide bonds. The maximum atomic E-state index is 11.3. The molecule has 104 valence electrons. The molecule has 1 aromatic heterocycles.